The van der Waals surface area contributed by atoms with Crippen LogP contribution in [0.3, 0.4) is 0 Å². The van der Waals surface area contributed by atoms with Gasteiger partial charge < -0.3 is 4.74 Å². The Bertz CT molecular complexity index is 293. The van der Waals surface area contributed by atoms with Gasteiger partial charge in [0.05, 0.1) is 0 Å². The molecule has 118 valence electrons. The van der Waals surface area contributed by atoms with E-state index in [2.05, 4.69) is 34.6 Å². The van der Waals surface area contributed by atoms with Gasteiger partial charge in [-0.1, -0.05) is 47.5 Å². The monoisotopic (exact) mass is 280 g/mol. The molecule has 2 rings (SSSR count). The molecule has 2 aliphatic rings. The molecule has 20 heavy (non-hydrogen) atoms. The van der Waals surface area contributed by atoms with Gasteiger partial charge in [0.2, 0.25) is 0 Å². The van der Waals surface area contributed by atoms with Crippen molar-refractivity contribution in [2.75, 3.05) is 13.2 Å². The predicted molar refractivity (Wildman–Crippen MR) is 86.8 cm³/mol. The fourth-order valence-electron chi connectivity index (χ4n) is 4.81. The quantitative estimate of drug-likeness (QED) is 0.629. The SMILES string of the molecule is CC(C)(C)CC1CCC(CC(C)(C)CC2CCOC2)C1. The van der Waals surface area contributed by atoms with Gasteiger partial charge in [-0.25, -0.2) is 0 Å². The molecular weight excluding hydrogens is 244 g/mol. The highest BCUT2D eigenvalue weighted by atomic mass is 16.5. The van der Waals surface area contributed by atoms with E-state index in [1.165, 1.54) is 44.9 Å². The molecule has 0 aromatic heterocycles. The molecule has 3 unspecified atom stereocenters. The molecule has 2 fully saturated rings. The molecule has 3 atom stereocenters. The van der Waals surface area contributed by atoms with Gasteiger partial charge in [0, 0.05) is 13.2 Å². The highest BCUT2D eigenvalue weighted by Crippen LogP contribution is 2.45. The van der Waals surface area contributed by atoms with Gasteiger partial charge in [0.25, 0.3) is 0 Å². The molecule has 1 nitrogen and oxygen atoms in total. The molecule has 0 aromatic carbocycles. The van der Waals surface area contributed by atoms with Crippen molar-refractivity contribution < 1.29 is 4.74 Å². The first-order valence-electron chi connectivity index (χ1n) is 8.81. The summed E-state index contributed by atoms with van der Waals surface area (Å²) in [4.78, 5) is 0. The van der Waals surface area contributed by atoms with Crippen molar-refractivity contribution in [3.63, 3.8) is 0 Å². The van der Waals surface area contributed by atoms with Crippen molar-refractivity contribution in [2.45, 2.75) is 79.6 Å². The Balaban J connectivity index is 1.75. The average Bonchev–Trinajstić information content (AvgIpc) is 2.87. The van der Waals surface area contributed by atoms with Gasteiger partial charge in [0.1, 0.15) is 0 Å². The maximum Gasteiger partial charge on any atom is 0.0495 e. The summed E-state index contributed by atoms with van der Waals surface area (Å²) < 4.78 is 5.54. The van der Waals surface area contributed by atoms with E-state index in [4.69, 9.17) is 4.74 Å². The van der Waals surface area contributed by atoms with Crippen LogP contribution in [0.5, 0.6) is 0 Å². The van der Waals surface area contributed by atoms with Crippen molar-refractivity contribution in [3.05, 3.63) is 0 Å². The summed E-state index contributed by atoms with van der Waals surface area (Å²) in [5.41, 5.74) is 1.02. The Morgan fingerprint density at radius 1 is 0.800 bits per heavy atom. The smallest absolute Gasteiger partial charge is 0.0495 e. The zero-order valence-corrected chi connectivity index (χ0v) is 14.5. The highest BCUT2D eigenvalue weighted by Gasteiger charge is 2.33. The molecule has 1 heteroatoms. The Morgan fingerprint density at radius 2 is 1.40 bits per heavy atom. The second-order valence-corrected chi connectivity index (χ2v) is 9.61. The zero-order chi connectivity index (χ0) is 14.8. The summed E-state index contributed by atoms with van der Waals surface area (Å²) in [6, 6.07) is 0. The summed E-state index contributed by atoms with van der Waals surface area (Å²) in [5, 5.41) is 0. The van der Waals surface area contributed by atoms with E-state index in [0.29, 0.717) is 10.8 Å². The zero-order valence-electron chi connectivity index (χ0n) is 14.5. The molecule has 1 saturated carbocycles. The second kappa shape index (κ2) is 6.38. The van der Waals surface area contributed by atoms with Gasteiger partial charge in [-0.3, -0.25) is 0 Å². The van der Waals surface area contributed by atoms with Crippen LogP contribution in [0, 0.1) is 28.6 Å². The maximum atomic E-state index is 5.54. The Morgan fingerprint density at radius 3 is 1.95 bits per heavy atom. The van der Waals surface area contributed by atoms with Crippen LogP contribution in [0.4, 0.5) is 0 Å². The molecule has 1 aliphatic carbocycles. The molecule has 0 amide bonds. The molecule has 0 bridgehead atoms. The van der Waals surface area contributed by atoms with E-state index in [1.807, 2.05) is 0 Å². The lowest BCUT2D eigenvalue weighted by Gasteiger charge is -2.30. The van der Waals surface area contributed by atoms with Crippen molar-refractivity contribution in [1.29, 1.82) is 0 Å². The van der Waals surface area contributed by atoms with E-state index in [1.54, 1.807) is 0 Å². The van der Waals surface area contributed by atoms with Gasteiger partial charge in [-0.2, -0.15) is 0 Å². The van der Waals surface area contributed by atoms with E-state index in [9.17, 15) is 0 Å². The number of hydrogen-bond acceptors (Lipinski definition) is 1. The normalized spacial score (nSPS) is 31.9. The van der Waals surface area contributed by atoms with Crippen LogP contribution >= 0.6 is 0 Å². The van der Waals surface area contributed by atoms with Crippen LogP contribution in [0.2, 0.25) is 0 Å². The third-order valence-corrected chi connectivity index (χ3v) is 5.26. The first-order valence-corrected chi connectivity index (χ1v) is 8.81. The number of rotatable bonds is 5. The van der Waals surface area contributed by atoms with Crippen LogP contribution in [-0.4, -0.2) is 13.2 Å². The van der Waals surface area contributed by atoms with E-state index in [-0.39, 0.29) is 0 Å². The molecule has 0 radical (unpaired) electrons. The lowest BCUT2D eigenvalue weighted by molar-refractivity contribution is 0.158. The van der Waals surface area contributed by atoms with E-state index < -0.39 is 0 Å². The fourth-order valence-corrected chi connectivity index (χ4v) is 4.81. The summed E-state index contributed by atoms with van der Waals surface area (Å²) in [7, 11) is 0. The standard InChI is InChI=1S/C19H36O/c1-18(2,3)11-15-6-7-16(10-15)12-19(4,5)13-17-8-9-20-14-17/h15-17H,6-14H2,1-5H3. The van der Waals surface area contributed by atoms with Crippen molar-refractivity contribution in [2.24, 2.45) is 28.6 Å². The van der Waals surface area contributed by atoms with Gasteiger partial charge in [0.15, 0.2) is 0 Å². The van der Waals surface area contributed by atoms with Crippen LogP contribution in [0.15, 0.2) is 0 Å². The maximum absolute atomic E-state index is 5.54. The topological polar surface area (TPSA) is 9.23 Å². The van der Waals surface area contributed by atoms with Gasteiger partial charge >= 0.3 is 0 Å². The number of hydrogen-bond donors (Lipinski definition) is 0. The minimum atomic E-state index is 0.510. The van der Waals surface area contributed by atoms with Crippen LogP contribution in [-0.2, 0) is 4.74 Å². The van der Waals surface area contributed by atoms with Crippen molar-refractivity contribution >= 4 is 0 Å². The minimum Gasteiger partial charge on any atom is -0.381 e. The molecule has 0 spiro atoms. The van der Waals surface area contributed by atoms with Gasteiger partial charge in [-0.05, 0) is 60.7 Å². The summed E-state index contributed by atoms with van der Waals surface area (Å²) >= 11 is 0. The minimum absolute atomic E-state index is 0.510. The van der Waals surface area contributed by atoms with E-state index in [0.717, 1.165) is 31.0 Å². The molecule has 0 N–H and O–H groups in total. The molecule has 1 heterocycles. The third kappa shape index (κ3) is 5.39. The van der Waals surface area contributed by atoms with Crippen molar-refractivity contribution in [1.82, 2.24) is 0 Å². The summed E-state index contributed by atoms with van der Waals surface area (Å²) in [6.45, 7) is 14.2. The van der Waals surface area contributed by atoms with Gasteiger partial charge in [-0.15, -0.1) is 0 Å². The van der Waals surface area contributed by atoms with Crippen molar-refractivity contribution in [3.8, 4) is 0 Å². The molecule has 0 aromatic rings. The fraction of sp³-hybridized carbons (Fsp3) is 1.00. The third-order valence-electron chi connectivity index (χ3n) is 5.26. The average molecular weight is 280 g/mol. The Kier molecular flexibility index (Phi) is 5.21. The second-order valence-electron chi connectivity index (χ2n) is 9.61. The summed E-state index contributed by atoms with van der Waals surface area (Å²) in [6.07, 6.45) is 9.95. The summed E-state index contributed by atoms with van der Waals surface area (Å²) in [5.74, 6) is 2.81. The predicted octanol–water partition coefficient (Wildman–Crippen LogP) is 5.68. The highest BCUT2D eigenvalue weighted by molar-refractivity contribution is 4.84. The molecule has 1 saturated heterocycles. The Labute approximate surface area is 126 Å². The lowest BCUT2D eigenvalue weighted by Crippen LogP contribution is -2.20. The first kappa shape index (κ1) is 16.3. The first-order chi connectivity index (χ1) is 9.23. The Hall–Kier alpha value is -0.0400. The van der Waals surface area contributed by atoms with Crippen LogP contribution in [0.25, 0.3) is 0 Å². The molecular formula is C19H36O. The van der Waals surface area contributed by atoms with Crippen LogP contribution < -0.4 is 0 Å². The molecule has 1 aliphatic heterocycles. The van der Waals surface area contributed by atoms with E-state index >= 15 is 0 Å². The number of ether oxygens (including phenoxy) is 1. The van der Waals surface area contributed by atoms with Crippen LogP contribution in [0.1, 0.15) is 79.6 Å². The lowest BCUT2D eigenvalue weighted by atomic mass is 9.75. The largest absolute Gasteiger partial charge is 0.381 e.